The van der Waals surface area contributed by atoms with E-state index in [-0.39, 0.29) is 18.4 Å². The lowest BCUT2D eigenvalue weighted by Gasteiger charge is -2.24. The first-order valence-corrected chi connectivity index (χ1v) is 8.19. The van der Waals surface area contributed by atoms with Crippen LogP contribution in [0.3, 0.4) is 0 Å². The van der Waals surface area contributed by atoms with Crippen LogP contribution in [0.25, 0.3) is 11.5 Å². The van der Waals surface area contributed by atoms with E-state index in [0.717, 1.165) is 31.5 Å². The second kappa shape index (κ2) is 7.15. The minimum atomic E-state index is 0.110. The highest BCUT2D eigenvalue weighted by molar-refractivity contribution is 6.30. The summed E-state index contributed by atoms with van der Waals surface area (Å²) in [6.07, 6.45) is 3.96. The van der Waals surface area contributed by atoms with E-state index in [2.05, 4.69) is 10.3 Å². The summed E-state index contributed by atoms with van der Waals surface area (Å²) in [5.41, 5.74) is 1.51. The Bertz CT molecular complexity index is 669. The Labute approximate surface area is 140 Å². The third-order valence-electron chi connectivity index (χ3n) is 4.11. The van der Waals surface area contributed by atoms with Gasteiger partial charge in [0.25, 0.3) is 0 Å². The first-order valence-electron chi connectivity index (χ1n) is 7.82. The highest BCUT2D eigenvalue weighted by Gasteiger charge is 2.28. The molecule has 1 fully saturated rings. The van der Waals surface area contributed by atoms with E-state index < -0.39 is 0 Å². The highest BCUT2D eigenvalue weighted by Crippen LogP contribution is 2.22. The number of rotatable bonds is 5. The number of carbonyl (C=O) groups excluding carboxylic acids is 1. The van der Waals surface area contributed by atoms with E-state index >= 15 is 0 Å². The fraction of sp³-hybridized carbons (Fsp3) is 0.412. The molecule has 1 aromatic carbocycles. The van der Waals surface area contributed by atoms with Crippen molar-refractivity contribution in [2.24, 2.45) is 0 Å². The van der Waals surface area contributed by atoms with Gasteiger partial charge in [-0.3, -0.25) is 4.79 Å². The van der Waals surface area contributed by atoms with Crippen LogP contribution in [0.15, 0.2) is 34.9 Å². The lowest BCUT2D eigenvalue weighted by atomic mass is 10.2. The van der Waals surface area contributed by atoms with Crippen LogP contribution in [0.2, 0.25) is 5.02 Å². The van der Waals surface area contributed by atoms with Crippen molar-refractivity contribution >= 4 is 17.5 Å². The molecule has 0 radical (unpaired) electrons. The third kappa shape index (κ3) is 3.74. The molecule has 23 heavy (non-hydrogen) atoms. The predicted octanol–water partition coefficient (Wildman–Crippen LogP) is 2.75. The van der Waals surface area contributed by atoms with Gasteiger partial charge in [-0.05, 0) is 44.2 Å². The molecule has 1 N–H and O–H groups in total. The SMILES string of the molecule is CNC[C@H]1CCCN1C(=O)Cc1coc(-c2ccc(Cl)cc2)n1. The zero-order chi connectivity index (χ0) is 16.2. The second-order valence-corrected chi connectivity index (χ2v) is 6.20. The minimum Gasteiger partial charge on any atom is -0.444 e. The highest BCUT2D eigenvalue weighted by atomic mass is 35.5. The van der Waals surface area contributed by atoms with E-state index in [4.69, 9.17) is 16.0 Å². The predicted molar refractivity (Wildman–Crippen MR) is 89.3 cm³/mol. The molecule has 2 heterocycles. The van der Waals surface area contributed by atoms with Gasteiger partial charge in [0.1, 0.15) is 6.26 Å². The molecule has 3 rings (SSSR count). The molecule has 1 amide bonds. The summed E-state index contributed by atoms with van der Waals surface area (Å²) in [7, 11) is 1.91. The quantitative estimate of drug-likeness (QED) is 0.914. The summed E-state index contributed by atoms with van der Waals surface area (Å²) < 4.78 is 5.49. The number of nitrogens with zero attached hydrogens (tertiary/aromatic N) is 2. The number of nitrogens with one attached hydrogen (secondary N) is 1. The number of hydrogen-bond donors (Lipinski definition) is 1. The molecule has 0 saturated carbocycles. The first-order chi connectivity index (χ1) is 11.2. The van der Waals surface area contributed by atoms with Gasteiger partial charge in [0, 0.05) is 29.7 Å². The smallest absolute Gasteiger partial charge is 0.229 e. The average molecular weight is 334 g/mol. The van der Waals surface area contributed by atoms with Crippen molar-refractivity contribution in [2.75, 3.05) is 20.1 Å². The summed E-state index contributed by atoms with van der Waals surface area (Å²) in [6.45, 7) is 1.66. The third-order valence-corrected chi connectivity index (χ3v) is 4.36. The van der Waals surface area contributed by atoms with Crippen LogP contribution in [-0.2, 0) is 11.2 Å². The van der Waals surface area contributed by atoms with Crippen LogP contribution < -0.4 is 5.32 Å². The molecular formula is C17H20ClN3O2. The molecule has 5 nitrogen and oxygen atoms in total. The Balaban J connectivity index is 1.66. The fourth-order valence-electron chi connectivity index (χ4n) is 2.98. The topological polar surface area (TPSA) is 58.4 Å². The Morgan fingerprint density at radius 1 is 1.43 bits per heavy atom. The Hall–Kier alpha value is -1.85. The van der Waals surface area contributed by atoms with Crippen molar-refractivity contribution in [3.05, 3.63) is 41.2 Å². The monoisotopic (exact) mass is 333 g/mol. The van der Waals surface area contributed by atoms with E-state index in [9.17, 15) is 4.79 Å². The fourth-order valence-corrected chi connectivity index (χ4v) is 3.11. The number of likely N-dealkylation sites (N-methyl/N-ethyl adjacent to an activating group) is 1. The zero-order valence-corrected chi connectivity index (χ0v) is 13.8. The summed E-state index contributed by atoms with van der Waals surface area (Å²) in [5.74, 6) is 0.622. The van der Waals surface area contributed by atoms with Crippen LogP contribution in [0.5, 0.6) is 0 Å². The lowest BCUT2D eigenvalue weighted by molar-refractivity contribution is -0.131. The van der Waals surface area contributed by atoms with Crippen molar-refractivity contribution in [3.8, 4) is 11.5 Å². The van der Waals surface area contributed by atoms with Gasteiger partial charge in [-0.25, -0.2) is 4.98 Å². The molecule has 1 aliphatic rings. The summed E-state index contributed by atoms with van der Waals surface area (Å²) in [4.78, 5) is 18.9. The Kier molecular flexibility index (Phi) is 4.98. The van der Waals surface area contributed by atoms with Crippen LogP contribution in [0.1, 0.15) is 18.5 Å². The molecule has 2 aromatic rings. The zero-order valence-electron chi connectivity index (χ0n) is 13.1. The van der Waals surface area contributed by atoms with Gasteiger partial charge in [-0.15, -0.1) is 0 Å². The lowest BCUT2D eigenvalue weighted by Crippen LogP contribution is -2.41. The molecule has 1 atom stereocenters. The summed E-state index contributed by atoms with van der Waals surface area (Å²) in [6, 6.07) is 7.57. The van der Waals surface area contributed by atoms with Gasteiger partial charge in [0.15, 0.2) is 0 Å². The standard InChI is InChI=1S/C17H20ClN3O2/c1-19-10-15-3-2-8-21(15)16(22)9-14-11-23-17(20-14)12-4-6-13(18)7-5-12/h4-7,11,15,19H,2-3,8-10H2,1H3/t15-/m1/s1. The molecule has 1 aromatic heterocycles. The minimum absolute atomic E-state index is 0.110. The molecule has 1 aliphatic heterocycles. The number of halogens is 1. The van der Waals surface area contributed by atoms with Crippen LogP contribution in [-0.4, -0.2) is 42.0 Å². The van der Waals surface area contributed by atoms with Gasteiger partial charge >= 0.3 is 0 Å². The molecule has 0 bridgehead atoms. The van der Waals surface area contributed by atoms with E-state index in [1.807, 2.05) is 24.1 Å². The van der Waals surface area contributed by atoms with Crippen molar-refractivity contribution < 1.29 is 9.21 Å². The van der Waals surface area contributed by atoms with Crippen molar-refractivity contribution in [1.82, 2.24) is 15.2 Å². The van der Waals surface area contributed by atoms with E-state index in [0.29, 0.717) is 16.6 Å². The Morgan fingerprint density at radius 3 is 2.96 bits per heavy atom. The number of aromatic nitrogens is 1. The summed E-state index contributed by atoms with van der Waals surface area (Å²) >= 11 is 5.88. The average Bonchev–Trinajstić information content (AvgIpc) is 3.18. The normalized spacial score (nSPS) is 17.7. The number of carbonyl (C=O) groups is 1. The molecule has 122 valence electrons. The van der Waals surface area contributed by atoms with Crippen LogP contribution in [0.4, 0.5) is 0 Å². The first kappa shape index (κ1) is 16.0. The largest absolute Gasteiger partial charge is 0.444 e. The number of benzene rings is 1. The number of oxazole rings is 1. The number of likely N-dealkylation sites (tertiary alicyclic amines) is 1. The van der Waals surface area contributed by atoms with Gasteiger partial charge in [0.05, 0.1) is 12.1 Å². The number of amides is 1. The second-order valence-electron chi connectivity index (χ2n) is 5.77. The molecule has 0 unspecified atom stereocenters. The molecule has 0 aliphatic carbocycles. The van der Waals surface area contributed by atoms with Gasteiger partial charge in [0.2, 0.25) is 11.8 Å². The molecule has 6 heteroatoms. The van der Waals surface area contributed by atoms with Crippen molar-refractivity contribution in [3.63, 3.8) is 0 Å². The summed E-state index contributed by atoms with van der Waals surface area (Å²) in [5, 5.41) is 3.82. The van der Waals surface area contributed by atoms with Crippen LogP contribution >= 0.6 is 11.6 Å². The Morgan fingerprint density at radius 2 is 2.22 bits per heavy atom. The maximum Gasteiger partial charge on any atom is 0.229 e. The van der Waals surface area contributed by atoms with Gasteiger partial charge in [-0.1, -0.05) is 11.6 Å². The van der Waals surface area contributed by atoms with E-state index in [1.165, 1.54) is 0 Å². The maximum absolute atomic E-state index is 12.5. The number of hydrogen-bond acceptors (Lipinski definition) is 4. The van der Waals surface area contributed by atoms with Gasteiger partial charge in [-0.2, -0.15) is 0 Å². The molecule has 0 spiro atoms. The molecule has 1 saturated heterocycles. The van der Waals surface area contributed by atoms with E-state index in [1.54, 1.807) is 18.4 Å². The van der Waals surface area contributed by atoms with Crippen LogP contribution in [0, 0.1) is 0 Å². The van der Waals surface area contributed by atoms with Crippen molar-refractivity contribution in [2.45, 2.75) is 25.3 Å². The maximum atomic E-state index is 12.5. The van der Waals surface area contributed by atoms with Gasteiger partial charge < -0.3 is 14.6 Å². The molecular weight excluding hydrogens is 314 g/mol. The van der Waals surface area contributed by atoms with Crippen molar-refractivity contribution in [1.29, 1.82) is 0 Å².